The van der Waals surface area contributed by atoms with Gasteiger partial charge in [-0.1, -0.05) is 25.7 Å². The van der Waals surface area contributed by atoms with E-state index < -0.39 is 41.5 Å². The van der Waals surface area contributed by atoms with Gasteiger partial charge in [0.05, 0.1) is 0 Å². The molecule has 1 aliphatic carbocycles. The zero-order chi connectivity index (χ0) is 24.7. The average Bonchev–Trinajstić information content (AvgIpc) is 2.67. The van der Waals surface area contributed by atoms with Crippen LogP contribution in [0.5, 0.6) is 23.0 Å². The Morgan fingerprint density at radius 2 is 0.970 bits per heavy atom. The molecular formula is C18H24N2O10PtS2. The molecule has 0 aliphatic heterocycles. The van der Waals surface area contributed by atoms with Gasteiger partial charge in [-0.3, -0.25) is 9.11 Å². The molecule has 1 saturated carbocycles. The Balaban J connectivity index is 0.000000468. The van der Waals surface area contributed by atoms with Gasteiger partial charge in [-0.05, 0) is 24.3 Å². The summed E-state index contributed by atoms with van der Waals surface area (Å²) in [5.74, 6) is -1.90. The molecule has 0 heterocycles. The largest absolute Gasteiger partial charge is 2.00 e. The minimum absolute atomic E-state index is 0. The van der Waals surface area contributed by atoms with E-state index in [1.54, 1.807) is 0 Å². The molecule has 2 unspecified atom stereocenters. The zero-order valence-electron chi connectivity index (χ0n) is 16.9. The molecule has 1 fully saturated rings. The van der Waals surface area contributed by atoms with Gasteiger partial charge in [0.25, 0.3) is 20.2 Å². The molecule has 0 amide bonds. The van der Waals surface area contributed by atoms with Gasteiger partial charge in [-0.2, -0.15) is 28.9 Å². The first-order chi connectivity index (χ1) is 14.6. The van der Waals surface area contributed by atoms with Crippen molar-refractivity contribution < 1.29 is 67.4 Å². The van der Waals surface area contributed by atoms with Crippen molar-refractivity contribution in [3.05, 3.63) is 47.9 Å². The van der Waals surface area contributed by atoms with Crippen molar-refractivity contribution >= 4 is 20.2 Å². The van der Waals surface area contributed by atoms with E-state index in [-0.39, 0.29) is 44.6 Å². The van der Waals surface area contributed by atoms with Gasteiger partial charge in [-0.25, -0.2) is 0 Å². The molecule has 0 radical (unpaired) electrons. The number of aromatic hydroxyl groups is 4. The molecule has 33 heavy (non-hydrogen) atoms. The van der Waals surface area contributed by atoms with E-state index in [1.807, 2.05) is 0 Å². The molecule has 15 heteroatoms. The van der Waals surface area contributed by atoms with E-state index in [0.29, 0.717) is 0 Å². The van der Waals surface area contributed by atoms with Crippen molar-refractivity contribution in [1.82, 2.24) is 0 Å². The third kappa shape index (κ3) is 10.7. The summed E-state index contributed by atoms with van der Waals surface area (Å²) < 4.78 is 59.0. The molecule has 0 spiro atoms. The van der Waals surface area contributed by atoms with E-state index in [2.05, 4.69) is 0 Å². The third-order valence-corrected chi connectivity index (χ3v) is 5.97. The number of phenols is 4. The predicted molar refractivity (Wildman–Crippen MR) is 114 cm³/mol. The number of nitrogens with one attached hydrogen (secondary N) is 2. The third-order valence-electron chi connectivity index (χ3n) is 4.21. The van der Waals surface area contributed by atoms with Crippen molar-refractivity contribution in [3.8, 4) is 23.0 Å². The van der Waals surface area contributed by atoms with E-state index >= 15 is 0 Å². The minimum atomic E-state index is -4.47. The van der Waals surface area contributed by atoms with Gasteiger partial charge in [0.1, 0.15) is 32.8 Å². The fraction of sp³-hybridized carbons (Fsp3) is 0.333. The van der Waals surface area contributed by atoms with Crippen LogP contribution in [-0.2, 0) is 41.3 Å². The van der Waals surface area contributed by atoms with Crippen molar-refractivity contribution in [2.45, 2.75) is 47.6 Å². The molecule has 0 bridgehead atoms. The second kappa shape index (κ2) is 13.1. The molecule has 0 aromatic heterocycles. The van der Waals surface area contributed by atoms with E-state index in [9.17, 15) is 16.8 Å². The van der Waals surface area contributed by atoms with Crippen LogP contribution in [-0.4, -0.2) is 58.5 Å². The summed E-state index contributed by atoms with van der Waals surface area (Å²) in [5.41, 5.74) is 14.6. The van der Waals surface area contributed by atoms with Crippen LogP contribution in [0.4, 0.5) is 0 Å². The smallest absolute Gasteiger partial charge is 0.676 e. The molecule has 2 aromatic carbocycles. The van der Waals surface area contributed by atoms with Gasteiger partial charge in [-0.15, -0.1) is 0 Å². The molecule has 3 rings (SSSR count). The summed E-state index contributed by atoms with van der Waals surface area (Å²) in [5, 5.41) is 35.5. The van der Waals surface area contributed by atoms with Gasteiger partial charge in [0.2, 0.25) is 0 Å². The summed E-state index contributed by atoms with van der Waals surface area (Å²) in [4.78, 5) is -1.41. The summed E-state index contributed by atoms with van der Waals surface area (Å²) in [6.45, 7) is 0. The van der Waals surface area contributed by atoms with Crippen LogP contribution in [0.25, 0.3) is 11.5 Å². The quantitative estimate of drug-likeness (QED) is 0.199. The first kappa shape index (κ1) is 31.1. The monoisotopic (exact) mass is 687 g/mol. The van der Waals surface area contributed by atoms with E-state index in [4.69, 9.17) is 41.0 Å². The van der Waals surface area contributed by atoms with Crippen molar-refractivity contribution in [1.29, 1.82) is 0 Å². The van der Waals surface area contributed by atoms with E-state index in [1.165, 1.54) is 12.8 Å². The fourth-order valence-electron chi connectivity index (χ4n) is 2.55. The standard InChI is InChI=1S/C6H12N2.2C6H6O5S.Pt/c7-5-3-1-2-4-6(5)8;2*7-4-1-2-5(8)6(3-4)12(9,10)11;/h5-8H,1-4H2;2*1-3,7-8H,(H,9,10,11);/q-2;;;+2. The maximum absolute atomic E-state index is 10.5. The van der Waals surface area contributed by atoms with Gasteiger partial charge in [0, 0.05) is 12.1 Å². The van der Waals surface area contributed by atoms with Gasteiger partial charge < -0.3 is 31.9 Å². The van der Waals surface area contributed by atoms with Crippen LogP contribution < -0.4 is 0 Å². The fourth-order valence-corrected chi connectivity index (χ4v) is 3.75. The summed E-state index contributed by atoms with van der Waals surface area (Å²) >= 11 is 0. The molecule has 0 saturated heterocycles. The SMILES string of the molecule is O=S(=O)(O)c1cc(O)ccc1O.O=S(=O)(O)c1cc(O)ccc1O.[NH-]C1CCCCC1[NH-].[Pt+2]. The van der Waals surface area contributed by atoms with Crippen molar-refractivity contribution in [2.75, 3.05) is 0 Å². The maximum atomic E-state index is 10.5. The minimum Gasteiger partial charge on any atom is -0.676 e. The second-order valence-corrected chi connectivity index (χ2v) is 9.53. The Morgan fingerprint density at radius 3 is 1.18 bits per heavy atom. The molecular weight excluding hydrogens is 663 g/mol. The summed E-state index contributed by atoms with van der Waals surface area (Å²) in [6, 6.07) is 5.49. The Bertz CT molecular complexity index is 1040. The Kier molecular flexibility index (Phi) is 12.3. The average molecular weight is 688 g/mol. The molecule has 2 aromatic rings. The molecule has 8 N–H and O–H groups in total. The van der Waals surface area contributed by atoms with Crippen molar-refractivity contribution in [3.63, 3.8) is 0 Å². The molecule has 188 valence electrons. The number of benzene rings is 2. The van der Waals surface area contributed by atoms with Crippen molar-refractivity contribution in [2.24, 2.45) is 0 Å². The van der Waals surface area contributed by atoms with Crippen LogP contribution in [0.3, 0.4) is 0 Å². The topological polar surface area (TPSA) is 237 Å². The number of rotatable bonds is 2. The van der Waals surface area contributed by atoms with Crippen LogP contribution in [0.2, 0.25) is 0 Å². The first-order valence-corrected chi connectivity index (χ1v) is 11.9. The number of hydrogen-bond donors (Lipinski definition) is 6. The second-order valence-electron chi connectivity index (χ2n) is 6.75. The van der Waals surface area contributed by atoms with E-state index in [0.717, 1.165) is 49.2 Å². The normalized spacial score (nSPS) is 17.9. The van der Waals surface area contributed by atoms with Gasteiger partial charge in [0.15, 0.2) is 0 Å². The Labute approximate surface area is 205 Å². The summed E-state index contributed by atoms with van der Waals surface area (Å²) in [7, 11) is -8.93. The van der Waals surface area contributed by atoms with Crippen LogP contribution in [0.1, 0.15) is 25.7 Å². The van der Waals surface area contributed by atoms with Crippen LogP contribution in [0.15, 0.2) is 46.2 Å². The maximum Gasteiger partial charge on any atom is 2.00 e. The Morgan fingerprint density at radius 1 is 0.667 bits per heavy atom. The predicted octanol–water partition coefficient (Wildman–Crippen LogP) is 3.09. The van der Waals surface area contributed by atoms with Crippen LogP contribution in [0, 0.1) is 0 Å². The van der Waals surface area contributed by atoms with Gasteiger partial charge >= 0.3 is 21.1 Å². The van der Waals surface area contributed by atoms with Crippen LogP contribution >= 0.6 is 0 Å². The Hall–Kier alpha value is -1.93. The molecule has 1 aliphatic rings. The number of phenolic OH excluding ortho intramolecular Hbond substituents is 4. The first-order valence-electron chi connectivity index (χ1n) is 9.04. The summed E-state index contributed by atoms with van der Waals surface area (Å²) in [6.07, 6.45) is 4.25. The number of hydrogen-bond acceptors (Lipinski definition) is 8. The molecule has 2 atom stereocenters. The molecule has 12 nitrogen and oxygen atoms in total. The zero-order valence-corrected chi connectivity index (χ0v) is 20.8.